The van der Waals surface area contributed by atoms with E-state index >= 15 is 0 Å². The lowest BCUT2D eigenvalue weighted by Crippen LogP contribution is -2.52. The van der Waals surface area contributed by atoms with Gasteiger partial charge in [-0.25, -0.2) is 4.79 Å². The molecule has 0 radical (unpaired) electrons. The van der Waals surface area contributed by atoms with E-state index in [1.54, 1.807) is 0 Å². The zero-order valence-electron chi connectivity index (χ0n) is 12.8. The van der Waals surface area contributed by atoms with Crippen LogP contribution in [0.25, 0.3) is 0 Å². The van der Waals surface area contributed by atoms with Gasteiger partial charge in [-0.05, 0) is 31.0 Å². The summed E-state index contributed by atoms with van der Waals surface area (Å²) >= 11 is 6.03. The molecule has 2 aliphatic rings. The van der Waals surface area contributed by atoms with E-state index in [0.717, 1.165) is 30.2 Å². The first-order valence-electron chi connectivity index (χ1n) is 7.94. The van der Waals surface area contributed by atoms with E-state index in [1.807, 2.05) is 24.3 Å². The minimum absolute atomic E-state index is 0.0122. The van der Waals surface area contributed by atoms with Crippen LogP contribution < -0.4 is 20.9 Å². The number of halogens is 1. The standard InChI is InChI=1S/C16H21ClN4O2/c17-11-2-1-3-14(8-11)21-7-6-13(10-21)20-16(23)19-12-4-5-15(22)18-9-12/h1-3,8,12-13H,4-7,9-10H2,(H,18,22)(H2,19,20,23). The molecule has 0 spiro atoms. The molecule has 7 heteroatoms. The van der Waals surface area contributed by atoms with Gasteiger partial charge in [0.1, 0.15) is 0 Å². The quantitative estimate of drug-likeness (QED) is 0.783. The third-order valence-corrected chi connectivity index (χ3v) is 4.53. The van der Waals surface area contributed by atoms with Crippen molar-refractivity contribution in [1.29, 1.82) is 0 Å². The minimum Gasteiger partial charge on any atom is -0.369 e. The Morgan fingerprint density at radius 2 is 2.09 bits per heavy atom. The van der Waals surface area contributed by atoms with E-state index < -0.39 is 0 Å². The third-order valence-electron chi connectivity index (χ3n) is 4.30. The number of anilines is 1. The maximum absolute atomic E-state index is 12.1. The second-order valence-electron chi connectivity index (χ2n) is 6.07. The van der Waals surface area contributed by atoms with Gasteiger partial charge in [0.25, 0.3) is 0 Å². The van der Waals surface area contributed by atoms with Gasteiger partial charge in [0.15, 0.2) is 0 Å². The minimum atomic E-state index is -0.163. The van der Waals surface area contributed by atoms with Crippen molar-refractivity contribution >= 4 is 29.2 Å². The summed E-state index contributed by atoms with van der Waals surface area (Å²) in [6.45, 7) is 2.17. The molecule has 2 saturated heterocycles. The van der Waals surface area contributed by atoms with Crippen molar-refractivity contribution in [2.75, 3.05) is 24.5 Å². The van der Waals surface area contributed by atoms with Gasteiger partial charge in [-0.1, -0.05) is 17.7 Å². The average molecular weight is 337 g/mol. The van der Waals surface area contributed by atoms with Gasteiger partial charge in [-0.3, -0.25) is 4.79 Å². The fraction of sp³-hybridized carbons (Fsp3) is 0.500. The molecule has 3 amide bonds. The number of amides is 3. The molecule has 2 unspecified atom stereocenters. The van der Waals surface area contributed by atoms with E-state index in [2.05, 4.69) is 20.9 Å². The first-order chi connectivity index (χ1) is 11.1. The maximum atomic E-state index is 12.1. The Kier molecular flexibility index (Phi) is 4.91. The molecule has 124 valence electrons. The molecule has 2 atom stereocenters. The normalized spacial score (nSPS) is 24.2. The van der Waals surface area contributed by atoms with Crippen molar-refractivity contribution in [3.63, 3.8) is 0 Å². The van der Waals surface area contributed by atoms with E-state index in [1.165, 1.54) is 0 Å². The molecule has 0 aromatic heterocycles. The summed E-state index contributed by atoms with van der Waals surface area (Å²) in [6, 6.07) is 7.72. The number of benzene rings is 1. The van der Waals surface area contributed by atoms with Crippen molar-refractivity contribution in [3.8, 4) is 0 Å². The molecule has 1 aromatic rings. The highest BCUT2D eigenvalue weighted by Gasteiger charge is 2.25. The lowest BCUT2D eigenvalue weighted by atomic mass is 10.1. The van der Waals surface area contributed by atoms with Crippen LogP contribution in [0.4, 0.5) is 10.5 Å². The molecule has 2 fully saturated rings. The second kappa shape index (κ2) is 7.08. The van der Waals surface area contributed by atoms with Crippen LogP contribution in [0.15, 0.2) is 24.3 Å². The predicted molar refractivity (Wildman–Crippen MR) is 89.8 cm³/mol. The summed E-state index contributed by atoms with van der Waals surface area (Å²) in [6.07, 6.45) is 2.07. The van der Waals surface area contributed by atoms with Crippen LogP contribution in [-0.2, 0) is 4.79 Å². The molecule has 3 N–H and O–H groups in total. The largest absolute Gasteiger partial charge is 0.369 e. The number of carbonyl (C=O) groups excluding carboxylic acids is 2. The topological polar surface area (TPSA) is 73.5 Å². The molecular formula is C16H21ClN4O2. The fourth-order valence-corrected chi connectivity index (χ4v) is 3.24. The predicted octanol–water partition coefficient (Wildman–Crippen LogP) is 1.50. The molecule has 0 aliphatic carbocycles. The molecule has 1 aromatic carbocycles. The Morgan fingerprint density at radius 1 is 1.26 bits per heavy atom. The summed E-state index contributed by atoms with van der Waals surface area (Å²) in [5.74, 6) is 0.0522. The number of hydrogen-bond acceptors (Lipinski definition) is 3. The number of nitrogens with one attached hydrogen (secondary N) is 3. The lowest BCUT2D eigenvalue weighted by Gasteiger charge is -2.24. The first-order valence-corrected chi connectivity index (χ1v) is 8.32. The van der Waals surface area contributed by atoms with Crippen LogP contribution in [-0.4, -0.2) is 43.7 Å². The lowest BCUT2D eigenvalue weighted by molar-refractivity contribution is -0.122. The van der Waals surface area contributed by atoms with Crippen LogP contribution in [0.3, 0.4) is 0 Å². The van der Waals surface area contributed by atoms with Crippen molar-refractivity contribution < 1.29 is 9.59 Å². The third kappa shape index (κ3) is 4.28. The first kappa shape index (κ1) is 15.9. The number of piperidine rings is 1. The highest BCUT2D eigenvalue weighted by atomic mass is 35.5. The zero-order valence-corrected chi connectivity index (χ0v) is 13.6. The molecule has 0 bridgehead atoms. The molecule has 2 aliphatic heterocycles. The fourth-order valence-electron chi connectivity index (χ4n) is 3.05. The Balaban J connectivity index is 1.46. The van der Waals surface area contributed by atoms with Gasteiger partial charge in [0.05, 0.1) is 0 Å². The van der Waals surface area contributed by atoms with Crippen molar-refractivity contribution in [3.05, 3.63) is 29.3 Å². The summed E-state index contributed by atoms with van der Waals surface area (Å²) < 4.78 is 0. The molecule has 2 heterocycles. The summed E-state index contributed by atoms with van der Waals surface area (Å²) in [7, 11) is 0. The second-order valence-corrected chi connectivity index (χ2v) is 6.51. The van der Waals surface area contributed by atoms with Gasteiger partial charge in [0, 0.05) is 48.8 Å². The Hall–Kier alpha value is -1.95. The van der Waals surface area contributed by atoms with E-state index in [4.69, 9.17) is 11.6 Å². The van der Waals surface area contributed by atoms with Crippen molar-refractivity contribution in [1.82, 2.24) is 16.0 Å². The Labute approximate surface area is 140 Å². The SMILES string of the molecule is O=C1CCC(NC(=O)NC2CCN(c3cccc(Cl)c3)C2)CN1. The Morgan fingerprint density at radius 3 is 2.83 bits per heavy atom. The Bertz CT molecular complexity index is 585. The van der Waals surface area contributed by atoms with Crippen LogP contribution in [0.5, 0.6) is 0 Å². The molecule has 3 rings (SSSR count). The van der Waals surface area contributed by atoms with E-state index in [0.29, 0.717) is 19.4 Å². The number of rotatable bonds is 3. The summed E-state index contributed by atoms with van der Waals surface area (Å²) in [5.41, 5.74) is 1.08. The maximum Gasteiger partial charge on any atom is 0.315 e. The van der Waals surface area contributed by atoms with Gasteiger partial charge >= 0.3 is 6.03 Å². The van der Waals surface area contributed by atoms with E-state index in [-0.39, 0.29) is 24.0 Å². The van der Waals surface area contributed by atoms with Crippen molar-refractivity contribution in [2.45, 2.75) is 31.3 Å². The van der Waals surface area contributed by atoms with Crippen LogP contribution in [0, 0.1) is 0 Å². The van der Waals surface area contributed by atoms with Gasteiger partial charge in [0.2, 0.25) is 5.91 Å². The zero-order chi connectivity index (χ0) is 16.2. The summed E-state index contributed by atoms with van der Waals surface area (Å²) in [5, 5.41) is 9.42. The monoisotopic (exact) mass is 336 g/mol. The molecular weight excluding hydrogens is 316 g/mol. The molecule has 6 nitrogen and oxygen atoms in total. The van der Waals surface area contributed by atoms with E-state index in [9.17, 15) is 9.59 Å². The van der Waals surface area contributed by atoms with Crippen LogP contribution >= 0.6 is 11.6 Å². The van der Waals surface area contributed by atoms with Crippen molar-refractivity contribution in [2.24, 2.45) is 0 Å². The number of hydrogen-bond donors (Lipinski definition) is 3. The number of nitrogens with zero attached hydrogens (tertiary/aromatic N) is 1. The highest BCUT2D eigenvalue weighted by Crippen LogP contribution is 2.23. The van der Waals surface area contributed by atoms with Crippen LogP contribution in [0.2, 0.25) is 5.02 Å². The van der Waals surface area contributed by atoms with Gasteiger partial charge in [-0.15, -0.1) is 0 Å². The van der Waals surface area contributed by atoms with Gasteiger partial charge in [-0.2, -0.15) is 0 Å². The van der Waals surface area contributed by atoms with Crippen LogP contribution in [0.1, 0.15) is 19.3 Å². The van der Waals surface area contributed by atoms with Gasteiger partial charge < -0.3 is 20.9 Å². The number of urea groups is 1. The highest BCUT2D eigenvalue weighted by molar-refractivity contribution is 6.30. The smallest absolute Gasteiger partial charge is 0.315 e. The average Bonchev–Trinajstić information content (AvgIpc) is 2.98. The number of carbonyl (C=O) groups is 2. The molecule has 0 saturated carbocycles. The molecule has 23 heavy (non-hydrogen) atoms. The summed E-state index contributed by atoms with van der Waals surface area (Å²) in [4.78, 5) is 25.4.